The smallest absolute Gasteiger partial charge is 0.407 e. The molecule has 1 amide bonds. The number of hydrogen-bond donors (Lipinski definition) is 2. The molecule has 3 aromatic carbocycles. The number of benzene rings is 3. The maximum Gasteiger partial charge on any atom is 0.407 e. The van der Waals surface area contributed by atoms with E-state index in [4.69, 9.17) is 4.74 Å². The monoisotopic (exact) mass is 371 g/mol. The number of rotatable bonds is 3. The molecule has 2 aliphatic rings. The Balaban J connectivity index is 1.31. The maximum atomic E-state index is 12.5. The minimum atomic E-state index is -0.627. The van der Waals surface area contributed by atoms with Crippen molar-refractivity contribution in [3.8, 4) is 11.1 Å². The zero-order valence-corrected chi connectivity index (χ0v) is 15.3. The molecule has 0 fully saturated rings. The Morgan fingerprint density at radius 1 is 0.893 bits per heavy atom. The molecule has 0 saturated heterocycles. The molecule has 5 rings (SSSR count). The van der Waals surface area contributed by atoms with Crippen LogP contribution in [-0.2, 0) is 11.2 Å². The highest BCUT2D eigenvalue weighted by Gasteiger charge is 2.33. The molecule has 4 heteroatoms. The van der Waals surface area contributed by atoms with Crippen molar-refractivity contribution in [1.82, 2.24) is 5.32 Å². The van der Waals surface area contributed by atoms with E-state index >= 15 is 0 Å². The fourth-order valence-electron chi connectivity index (χ4n) is 4.51. The van der Waals surface area contributed by atoms with E-state index in [2.05, 4.69) is 29.6 Å². The first-order valence-corrected chi connectivity index (χ1v) is 9.60. The van der Waals surface area contributed by atoms with Crippen molar-refractivity contribution in [1.29, 1.82) is 0 Å². The summed E-state index contributed by atoms with van der Waals surface area (Å²) >= 11 is 0. The van der Waals surface area contributed by atoms with Crippen LogP contribution < -0.4 is 5.32 Å². The van der Waals surface area contributed by atoms with E-state index in [1.807, 2.05) is 48.5 Å². The Labute approximate surface area is 163 Å². The first-order valence-electron chi connectivity index (χ1n) is 9.60. The Morgan fingerprint density at radius 2 is 1.46 bits per heavy atom. The van der Waals surface area contributed by atoms with E-state index in [0.29, 0.717) is 6.42 Å². The third kappa shape index (κ3) is 2.77. The van der Waals surface area contributed by atoms with Gasteiger partial charge in [-0.2, -0.15) is 0 Å². The van der Waals surface area contributed by atoms with Crippen LogP contribution in [0.3, 0.4) is 0 Å². The van der Waals surface area contributed by atoms with Crippen molar-refractivity contribution >= 4 is 6.09 Å². The van der Waals surface area contributed by atoms with Gasteiger partial charge in [0.2, 0.25) is 0 Å². The zero-order valence-electron chi connectivity index (χ0n) is 15.3. The second kappa shape index (κ2) is 6.80. The van der Waals surface area contributed by atoms with Gasteiger partial charge >= 0.3 is 6.09 Å². The van der Waals surface area contributed by atoms with Gasteiger partial charge in [0.05, 0.1) is 12.1 Å². The number of carbonyl (C=O) groups is 1. The average molecular weight is 371 g/mol. The molecule has 2 aliphatic carbocycles. The van der Waals surface area contributed by atoms with Crippen LogP contribution in [0.15, 0.2) is 72.8 Å². The topological polar surface area (TPSA) is 58.6 Å². The van der Waals surface area contributed by atoms with Crippen LogP contribution in [0, 0.1) is 0 Å². The van der Waals surface area contributed by atoms with Gasteiger partial charge in [-0.15, -0.1) is 0 Å². The molecule has 2 unspecified atom stereocenters. The van der Waals surface area contributed by atoms with Crippen LogP contribution in [0.5, 0.6) is 0 Å². The SMILES string of the molecule is O=C(NC1c2ccccc2CC1O)OCC1c2ccccc2-c2ccccc21. The highest BCUT2D eigenvalue weighted by Crippen LogP contribution is 2.44. The molecule has 0 radical (unpaired) electrons. The van der Waals surface area contributed by atoms with Gasteiger partial charge in [-0.25, -0.2) is 4.79 Å². The van der Waals surface area contributed by atoms with Gasteiger partial charge in [-0.05, 0) is 33.4 Å². The Hall–Kier alpha value is -3.11. The summed E-state index contributed by atoms with van der Waals surface area (Å²) in [4.78, 5) is 12.5. The average Bonchev–Trinajstić information content (AvgIpc) is 3.21. The normalized spacial score (nSPS) is 19.6. The standard InChI is InChI=1S/C24H21NO3/c26-22-13-15-7-1-2-8-16(15)23(22)25-24(27)28-14-21-19-11-5-3-9-17(19)18-10-4-6-12-20(18)21/h1-12,21-23,26H,13-14H2,(H,25,27). The number of alkyl carbamates (subject to hydrolysis) is 1. The molecule has 140 valence electrons. The fourth-order valence-corrected chi connectivity index (χ4v) is 4.51. The highest BCUT2D eigenvalue weighted by molar-refractivity contribution is 5.79. The molecule has 2 N–H and O–H groups in total. The molecule has 3 aromatic rings. The van der Waals surface area contributed by atoms with Crippen molar-refractivity contribution in [3.63, 3.8) is 0 Å². The lowest BCUT2D eigenvalue weighted by Crippen LogP contribution is -2.34. The summed E-state index contributed by atoms with van der Waals surface area (Å²) in [5.41, 5.74) is 6.80. The predicted molar refractivity (Wildman–Crippen MR) is 107 cm³/mol. The number of aliphatic hydroxyl groups is 1. The summed E-state index contributed by atoms with van der Waals surface area (Å²) in [5, 5.41) is 13.2. The lowest BCUT2D eigenvalue weighted by Gasteiger charge is -2.19. The molecule has 2 atom stereocenters. The zero-order chi connectivity index (χ0) is 19.1. The van der Waals surface area contributed by atoms with Crippen molar-refractivity contribution in [2.24, 2.45) is 0 Å². The number of aliphatic hydroxyl groups excluding tert-OH is 1. The highest BCUT2D eigenvalue weighted by atomic mass is 16.5. The minimum absolute atomic E-state index is 0.0268. The van der Waals surface area contributed by atoms with Crippen LogP contribution in [0.2, 0.25) is 0 Å². The van der Waals surface area contributed by atoms with Gasteiger partial charge in [-0.3, -0.25) is 0 Å². The molecular weight excluding hydrogens is 350 g/mol. The quantitative estimate of drug-likeness (QED) is 0.726. The number of ether oxygens (including phenoxy) is 1. The first kappa shape index (κ1) is 17.0. The molecule has 0 saturated carbocycles. The van der Waals surface area contributed by atoms with E-state index in [0.717, 1.165) is 11.1 Å². The minimum Gasteiger partial charge on any atom is -0.449 e. The van der Waals surface area contributed by atoms with E-state index in [1.54, 1.807) is 0 Å². The largest absolute Gasteiger partial charge is 0.449 e. The molecule has 0 aromatic heterocycles. The Morgan fingerprint density at radius 3 is 2.14 bits per heavy atom. The molecule has 0 spiro atoms. The van der Waals surface area contributed by atoms with Gasteiger partial charge in [0.15, 0.2) is 0 Å². The molecule has 0 bridgehead atoms. The Bertz CT molecular complexity index is 1000. The summed E-state index contributed by atoms with van der Waals surface area (Å²) in [7, 11) is 0. The van der Waals surface area contributed by atoms with E-state index < -0.39 is 18.2 Å². The number of amides is 1. The second-order valence-corrected chi connectivity index (χ2v) is 7.42. The summed E-state index contributed by atoms with van der Waals surface area (Å²) in [6.07, 6.45) is -0.578. The summed E-state index contributed by atoms with van der Waals surface area (Å²) in [6, 6.07) is 23.9. The molecule has 0 heterocycles. The van der Waals surface area contributed by atoms with Gasteiger partial charge in [0.25, 0.3) is 0 Å². The van der Waals surface area contributed by atoms with Gasteiger partial charge < -0.3 is 15.2 Å². The Kier molecular flexibility index (Phi) is 4.14. The first-order chi connectivity index (χ1) is 13.7. The fraction of sp³-hybridized carbons (Fsp3) is 0.208. The van der Waals surface area contributed by atoms with Crippen molar-refractivity contribution in [2.45, 2.75) is 24.5 Å². The van der Waals surface area contributed by atoms with Crippen LogP contribution in [0.1, 0.15) is 34.2 Å². The molecular formula is C24H21NO3. The third-order valence-corrected chi connectivity index (χ3v) is 5.82. The van der Waals surface area contributed by atoms with Gasteiger partial charge in [0, 0.05) is 12.3 Å². The second-order valence-electron chi connectivity index (χ2n) is 7.42. The van der Waals surface area contributed by atoms with Crippen LogP contribution in [-0.4, -0.2) is 23.9 Å². The third-order valence-electron chi connectivity index (χ3n) is 5.82. The van der Waals surface area contributed by atoms with Crippen molar-refractivity contribution in [2.75, 3.05) is 6.61 Å². The van der Waals surface area contributed by atoms with E-state index in [-0.39, 0.29) is 12.5 Å². The number of hydrogen-bond acceptors (Lipinski definition) is 3. The number of nitrogens with one attached hydrogen (secondary N) is 1. The number of fused-ring (bicyclic) bond motifs is 4. The molecule has 4 nitrogen and oxygen atoms in total. The van der Waals surface area contributed by atoms with Crippen LogP contribution in [0.4, 0.5) is 4.79 Å². The van der Waals surface area contributed by atoms with Crippen molar-refractivity contribution in [3.05, 3.63) is 95.1 Å². The van der Waals surface area contributed by atoms with E-state index in [1.165, 1.54) is 22.3 Å². The predicted octanol–water partition coefficient (Wildman–Crippen LogP) is 4.18. The van der Waals surface area contributed by atoms with E-state index in [9.17, 15) is 9.90 Å². The summed E-state index contributed by atoms with van der Waals surface area (Å²) in [6.45, 7) is 0.268. The lowest BCUT2D eigenvalue weighted by atomic mass is 9.98. The lowest BCUT2D eigenvalue weighted by molar-refractivity contribution is 0.111. The van der Waals surface area contributed by atoms with Gasteiger partial charge in [0.1, 0.15) is 6.61 Å². The van der Waals surface area contributed by atoms with Crippen LogP contribution in [0.25, 0.3) is 11.1 Å². The maximum absolute atomic E-state index is 12.5. The van der Waals surface area contributed by atoms with Crippen molar-refractivity contribution < 1.29 is 14.6 Å². The van der Waals surface area contributed by atoms with Crippen LogP contribution >= 0.6 is 0 Å². The summed E-state index contributed by atoms with van der Waals surface area (Å²) in [5.74, 6) is 0.0268. The summed E-state index contributed by atoms with van der Waals surface area (Å²) < 4.78 is 5.60. The number of carbonyl (C=O) groups excluding carboxylic acids is 1. The van der Waals surface area contributed by atoms with Gasteiger partial charge in [-0.1, -0.05) is 72.8 Å². The molecule has 28 heavy (non-hydrogen) atoms. The molecule has 0 aliphatic heterocycles.